The molecule has 0 fully saturated rings. The molecule has 0 bridgehead atoms. The van der Waals surface area contributed by atoms with Crippen molar-refractivity contribution in [3.8, 4) is 11.4 Å². The number of rotatable bonds is 7. The molecule has 4 aromatic rings. The van der Waals surface area contributed by atoms with E-state index < -0.39 is 0 Å². The molecule has 3 aromatic carbocycles. The van der Waals surface area contributed by atoms with E-state index in [0.717, 1.165) is 27.8 Å². The van der Waals surface area contributed by atoms with E-state index in [1.54, 1.807) is 0 Å². The van der Waals surface area contributed by atoms with Gasteiger partial charge in [-0.3, -0.25) is 4.79 Å². The zero-order valence-electron chi connectivity index (χ0n) is 16.0. The number of hydrogen-bond donors (Lipinski definition) is 2. The fourth-order valence-electron chi connectivity index (χ4n) is 3.11. The average Bonchev–Trinajstić information content (AvgIpc) is 2.79. The minimum absolute atomic E-state index is 0.00278. The molecule has 1 heterocycles. The molecule has 29 heavy (non-hydrogen) atoms. The smallest absolute Gasteiger partial charge is 0.222 e. The molecule has 0 unspecified atom stereocenters. The second-order valence-corrected chi connectivity index (χ2v) is 6.72. The lowest BCUT2D eigenvalue weighted by molar-refractivity contribution is -0.121. The van der Waals surface area contributed by atoms with Crippen molar-refractivity contribution in [2.45, 2.75) is 13.0 Å². The predicted octanol–water partition coefficient (Wildman–Crippen LogP) is 4.42. The van der Waals surface area contributed by atoms with Crippen LogP contribution in [-0.2, 0) is 11.3 Å². The monoisotopic (exact) mass is 382 g/mol. The van der Waals surface area contributed by atoms with Gasteiger partial charge in [-0.15, -0.1) is 0 Å². The number of fused-ring (bicyclic) bond motifs is 1. The van der Waals surface area contributed by atoms with Crippen LogP contribution in [0.25, 0.3) is 22.3 Å². The summed E-state index contributed by atoms with van der Waals surface area (Å²) in [7, 11) is 0. The minimum Gasteiger partial charge on any atom is -0.369 e. The topological polar surface area (TPSA) is 66.9 Å². The zero-order chi connectivity index (χ0) is 19.9. The van der Waals surface area contributed by atoms with Crippen LogP contribution in [0.2, 0.25) is 0 Å². The van der Waals surface area contributed by atoms with Crippen molar-refractivity contribution >= 4 is 22.6 Å². The summed E-state index contributed by atoms with van der Waals surface area (Å²) in [6.07, 6.45) is 0.367. The predicted molar refractivity (Wildman–Crippen MR) is 116 cm³/mol. The lowest BCUT2D eigenvalue weighted by Gasteiger charge is -2.11. The summed E-state index contributed by atoms with van der Waals surface area (Å²) in [5, 5.41) is 7.20. The van der Waals surface area contributed by atoms with Crippen molar-refractivity contribution in [1.29, 1.82) is 0 Å². The highest BCUT2D eigenvalue weighted by atomic mass is 16.1. The Morgan fingerprint density at radius 1 is 0.793 bits per heavy atom. The van der Waals surface area contributed by atoms with E-state index in [0.29, 0.717) is 25.3 Å². The molecular formula is C24H22N4O. The summed E-state index contributed by atoms with van der Waals surface area (Å²) >= 11 is 0. The average molecular weight is 382 g/mol. The number of benzene rings is 3. The number of amides is 1. The first-order chi connectivity index (χ1) is 14.3. The molecule has 1 amide bonds. The Morgan fingerprint density at radius 3 is 2.28 bits per heavy atom. The van der Waals surface area contributed by atoms with Gasteiger partial charge in [-0.1, -0.05) is 72.8 Å². The van der Waals surface area contributed by atoms with E-state index in [-0.39, 0.29) is 5.91 Å². The van der Waals surface area contributed by atoms with Gasteiger partial charge in [0.1, 0.15) is 5.82 Å². The van der Waals surface area contributed by atoms with Gasteiger partial charge in [0.2, 0.25) is 5.91 Å². The maximum Gasteiger partial charge on any atom is 0.222 e. The van der Waals surface area contributed by atoms with Crippen LogP contribution in [0.1, 0.15) is 12.0 Å². The number of hydrogen-bond acceptors (Lipinski definition) is 4. The third-order valence-electron chi connectivity index (χ3n) is 4.61. The third kappa shape index (κ3) is 4.76. The molecule has 0 radical (unpaired) electrons. The van der Waals surface area contributed by atoms with Crippen LogP contribution in [0.3, 0.4) is 0 Å². The van der Waals surface area contributed by atoms with Gasteiger partial charge in [0.15, 0.2) is 5.82 Å². The van der Waals surface area contributed by atoms with Crippen LogP contribution in [0.4, 0.5) is 5.82 Å². The van der Waals surface area contributed by atoms with Crippen LogP contribution >= 0.6 is 0 Å². The molecule has 1 aromatic heterocycles. The summed E-state index contributed by atoms with van der Waals surface area (Å²) in [4.78, 5) is 21.6. The van der Waals surface area contributed by atoms with Crippen molar-refractivity contribution in [2.75, 3.05) is 11.9 Å². The molecule has 144 valence electrons. The number of nitrogens with zero attached hydrogens (tertiary/aromatic N) is 2. The zero-order valence-corrected chi connectivity index (χ0v) is 16.0. The summed E-state index contributed by atoms with van der Waals surface area (Å²) in [5.41, 5.74) is 2.92. The fraction of sp³-hybridized carbons (Fsp3) is 0.125. The summed E-state index contributed by atoms with van der Waals surface area (Å²) in [5.74, 6) is 1.41. The molecule has 0 spiro atoms. The maximum atomic E-state index is 12.2. The van der Waals surface area contributed by atoms with Crippen LogP contribution in [-0.4, -0.2) is 22.4 Å². The van der Waals surface area contributed by atoms with Crippen LogP contribution in [0.15, 0.2) is 84.9 Å². The Labute approximate surface area is 169 Å². The number of carbonyl (C=O) groups is 1. The molecule has 5 heteroatoms. The Bertz CT molecular complexity index is 1100. The SMILES string of the molecule is O=C(CCNc1nc(-c2ccccc2)nc2ccccc12)NCc1ccccc1. The van der Waals surface area contributed by atoms with Gasteiger partial charge < -0.3 is 10.6 Å². The number of carbonyl (C=O) groups excluding carboxylic acids is 1. The minimum atomic E-state index is 0.00278. The summed E-state index contributed by atoms with van der Waals surface area (Å²) in [6.45, 7) is 1.03. The molecule has 0 aliphatic heterocycles. The van der Waals surface area contributed by atoms with Crippen LogP contribution < -0.4 is 10.6 Å². The Balaban J connectivity index is 1.44. The molecule has 4 rings (SSSR count). The van der Waals surface area contributed by atoms with Gasteiger partial charge >= 0.3 is 0 Å². The van der Waals surface area contributed by atoms with Crippen molar-refractivity contribution in [2.24, 2.45) is 0 Å². The first-order valence-electron chi connectivity index (χ1n) is 9.66. The van der Waals surface area contributed by atoms with Crippen LogP contribution in [0.5, 0.6) is 0 Å². The van der Waals surface area contributed by atoms with Gasteiger partial charge in [0, 0.05) is 30.5 Å². The molecule has 5 nitrogen and oxygen atoms in total. The Hall–Kier alpha value is -3.73. The van der Waals surface area contributed by atoms with Gasteiger partial charge in [0.05, 0.1) is 5.52 Å². The highest BCUT2D eigenvalue weighted by Gasteiger charge is 2.09. The maximum absolute atomic E-state index is 12.2. The highest BCUT2D eigenvalue weighted by molar-refractivity contribution is 5.90. The largest absolute Gasteiger partial charge is 0.369 e. The molecule has 0 aliphatic rings. The van der Waals surface area contributed by atoms with Gasteiger partial charge in [-0.05, 0) is 17.7 Å². The Morgan fingerprint density at radius 2 is 1.48 bits per heavy atom. The van der Waals surface area contributed by atoms with E-state index in [2.05, 4.69) is 15.6 Å². The van der Waals surface area contributed by atoms with E-state index in [1.807, 2.05) is 84.9 Å². The van der Waals surface area contributed by atoms with Crippen molar-refractivity contribution in [1.82, 2.24) is 15.3 Å². The number of aromatic nitrogens is 2. The van der Waals surface area contributed by atoms with Crippen LogP contribution in [0, 0.1) is 0 Å². The molecule has 0 atom stereocenters. The van der Waals surface area contributed by atoms with Crippen molar-refractivity contribution in [3.05, 3.63) is 90.5 Å². The number of nitrogens with one attached hydrogen (secondary N) is 2. The van der Waals surface area contributed by atoms with Gasteiger partial charge in [0.25, 0.3) is 0 Å². The standard InChI is InChI=1S/C24H22N4O/c29-22(26-17-18-9-3-1-4-10-18)15-16-25-24-20-13-7-8-14-21(20)27-23(28-24)19-11-5-2-6-12-19/h1-14H,15-17H2,(H,26,29)(H,25,27,28). The first-order valence-corrected chi connectivity index (χ1v) is 9.66. The van der Waals surface area contributed by atoms with Gasteiger partial charge in [-0.25, -0.2) is 9.97 Å². The molecule has 0 saturated carbocycles. The molecule has 2 N–H and O–H groups in total. The van der Waals surface area contributed by atoms with E-state index in [4.69, 9.17) is 4.98 Å². The molecular weight excluding hydrogens is 360 g/mol. The Kier molecular flexibility index (Phi) is 5.76. The summed E-state index contributed by atoms with van der Waals surface area (Å²) < 4.78 is 0. The van der Waals surface area contributed by atoms with Crippen molar-refractivity contribution < 1.29 is 4.79 Å². The normalized spacial score (nSPS) is 10.6. The first kappa shape index (κ1) is 18.6. The lowest BCUT2D eigenvalue weighted by Crippen LogP contribution is -2.25. The van der Waals surface area contributed by atoms with Gasteiger partial charge in [-0.2, -0.15) is 0 Å². The lowest BCUT2D eigenvalue weighted by atomic mass is 10.2. The van der Waals surface area contributed by atoms with E-state index in [9.17, 15) is 4.79 Å². The summed E-state index contributed by atoms with van der Waals surface area (Å²) in [6, 6.07) is 27.7. The van der Waals surface area contributed by atoms with Crippen molar-refractivity contribution in [3.63, 3.8) is 0 Å². The number of anilines is 1. The second-order valence-electron chi connectivity index (χ2n) is 6.72. The quantitative estimate of drug-likeness (QED) is 0.497. The van der Waals surface area contributed by atoms with E-state index >= 15 is 0 Å². The third-order valence-corrected chi connectivity index (χ3v) is 4.61. The highest BCUT2D eigenvalue weighted by Crippen LogP contribution is 2.24. The van der Waals surface area contributed by atoms with E-state index in [1.165, 1.54) is 0 Å². The second kappa shape index (κ2) is 8.97. The molecule has 0 saturated heterocycles. The fourth-order valence-corrected chi connectivity index (χ4v) is 3.11. The number of para-hydroxylation sites is 1. The molecule has 0 aliphatic carbocycles.